The number of aromatic nitrogens is 2. The Balaban J connectivity index is 1.98. The quantitative estimate of drug-likeness (QED) is 0.465. The van der Waals surface area contributed by atoms with Gasteiger partial charge in [-0.2, -0.15) is 5.10 Å². The summed E-state index contributed by atoms with van der Waals surface area (Å²) in [6, 6.07) is 11.6. The third-order valence-electron chi connectivity index (χ3n) is 4.42. The van der Waals surface area contributed by atoms with Crippen molar-refractivity contribution >= 4 is 34.8 Å². The molecule has 10 heteroatoms. The van der Waals surface area contributed by atoms with Crippen molar-refractivity contribution in [3.63, 3.8) is 0 Å². The van der Waals surface area contributed by atoms with Gasteiger partial charge in [-0.15, -0.1) is 0 Å². The largest absolute Gasteiger partial charge is 0.344 e. The summed E-state index contributed by atoms with van der Waals surface area (Å²) in [4.78, 5) is 35.9. The van der Waals surface area contributed by atoms with Crippen molar-refractivity contribution in [2.75, 3.05) is 0 Å². The molecule has 1 N–H and O–H groups in total. The van der Waals surface area contributed by atoms with Gasteiger partial charge in [-0.05, 0) is 37.6 Å². The number of benzene rings is 2. The third-order valence-corrected chi connectivity index (χ3v) is 5.16. The average molecular weight is 447 g/mol. The van der Waals surface area contributed by atoms with E-state index < -0.39 is 22.3 Å². The molecule has 0 fully saturated rings. The molecule has 154 valence electrons. The van der Waals surface area contributed by atoms with Gasteiger partial charge >= 0.3 is 0 Å². The molecule has 0 spiro atoms. The van der Waals surface area contributed by atoms with Crippen LogP contribution in [0, 0.1) is 17.0 Å². The Morgan fingerprint density at radius 1 is 1.17 bits per heavy atom. The number of nitro groups is 1. The average Bonchev–Trinajstić information content (AvgIpc) is 2.70. The van der Waals surface area contributed by atoms with Crippen LogP contribution in [0.25, 0.3) is 5.69 Å². The van der Waals surface area contributed by atoms with E-state index in [-0.39, 0.29) is 17.1 Å². The summed E-state index contributed by atoms with van der Waals surface area (Å²) in [7, 11) is 0. The number of nitro benzene ring substituents is 1. The molecule has 0 aliphatic rings. The molecule has 3 aromatic rings. The Morgan fingerprint density at radius 3 is 2.53 bits per heavy atom. The van der Waals surface area contributed by atoms with Crippen molar-refractivity contribution < 1.29 is 9.72 Å². The highest BCUT2D eigenvalue weighted by molar-refractivity contribution is 6.42. The van der Waals surface area contributed by atoms with Crippen LogP contribution in [0.3, 0.4) is 0 Å². The van der Waals surface area contributed by atoms with Crippen LogP contribution >= 0.6 is 23.2 Å². The first-order chi connectivity index (χ1) is 14.2. The second-order valence-electron chi connectivity index (χ2n) is 6.52. The minimum Gasteiger partial charge on any atom is -0.344 e. The number of hydrogen-bond acceptors (Lipinski definition) is 5. The van der Waals surface area contributed by atoms with Gasteiger partial charge in [0.1, 0.15) is 5.69 Å². The van der Waals surface area contributed by atoms with E-state index in [0.717, 1.165) is 0 Å². The molecule has 0 aliphatic carbocycles. The van der Waals surface area contributed by atoms with E-state index in [2.05, 4.69) is 10.4 Å². The lowest BCUT2D eigenvalue weighted by molar-refractivity contribution is -0.384. The summed E-state index contributed by atoms with van der Waals surface area (Å²) in [6.07, 6.45) is 0. The predicted octanol–water partition coefficient (Wildman–Crippen LogP) is 4.25. The van der Waals surface area contributed by atoms with Gasteiger partial charge in [0.25, 0.3) is 11.6 Å². The van der Waals surface area contributed by atoms with Crippen molar-refractivity contribution in [3.8, 4) is 5.69 Å². The normalized spacial score (nSPS) is 11.7. The highest BCUT2D eigenvalue weighted by atomic mass is 35.5. The molecular weight excluding hydrogens is 431 g/mol. The van der Waals surface area contributed by atoms with E-state index >= 15 is 0 Å². The molecule has 0 aliphatic heterocycles. The van der Waals surface area contributed by atoms with Gasteiger partial charge in [-0.1, -0.05) is 41.4 Å². The zero-order valence-corrected chi connectivity index (χ0v) is 17.4. The number of para-hydroxylation sites is 2. The number of halogens is 2. The summed E-state index contributed by atoms with van der Waals surface area (Å²) in [6.45, 7) is 3.29. The van der Waals surface area contributed by atoms with Crippen LogP contribution in [0.2, 0.25) is 10.0 Å². The molecule has 0 bridgehead atoms. The number of aryl methyl sites for hydroxylation is 1. The summed E-state index contributed by atoms with van der Waals surface area (Å²) < 4.78 is 1.21. The maximum atomic E-state index is 12.7. The zero-order valence-electron chi connectivity index (χ0n) is 15.9. The Kier molecular flexibility index (Phi) is 6.19. The maximum absolute atomic E-state index is 12.7. The second kappa shape index (κ2) is 8.64. The van der Waals surface area contributed by atoms with E-state index in [1.54, 1.807) is 38.1 Å². The molecule has 2 aromatic carbocycles. The predicted molar refractivity (Wildman–Crippen MR) is 114 cm³/mol. The summed E-state index contributed by atoms with van der Waals surface area (Å²) in [5, 5.41) is 18.9. The molecule has 1 aromatic heterocycles. The third kappa shape index (κ3) is 4.34. The second-order valence-corrected chi connectivity index (χ2v) is 7.34. The molecule has 30 heavy (non-hydrogen) atoms. The summed E-state index contributed by atoms with van der Waals surface area (Å²) in [5.41, 5.74) is -0.00189. The number of nitrogens with one attached hydrogen (secondary N) is 1. The highest BCUT2D eigenvalue weighted by Gasteiger charge is 2.21. The van der Waals surface area contributed by atoms with Crippen LogP contribution in [0.4, 0.5) is 5.69 Å². The van der Waals surface area contributed by atoms with Gasteiger partial charge in [0.15, 0.2) is 5.69 Å². The molecule has 0 saturated heterocycles. The molecule has 0 radical (unpaired) electrons. The molecule has 1 amide bonds. The van der Waals surface area contributed by atoms with Crippen molar-refractivity contribution in [2.45, 2.75) is 19.9 Å². The smallest absolute Gasteiger partial charge is 0.294 e. The molecule has 8 nitrogen and oxygen atoms in total. The number of rotatable bonds is 5. The Hall–Kier alpha value is -3.23. The van der Waals surface area contributed by atoms with Gasteiger partial charge < -0.3 is 5.32 Å². The lowest BCUT2D eigenvalue weighted by Crippen LogP contribution is -2.33. The molecule has 1 unspecified atom stereocenters. The lowest BCUT2D eigenvalue weighted by Gasteiger charge is -2.16. The SMILES string of the molecule is Cc1cc(=O)c(C(=O)NC(C)c2ccc(Cl)c(Cl)c2)nn1-c1ccccc1[N+](=O)[O-]. The van der Waals surface area contributed by atoms with E-state index in [0.29, 0.717) is 21.3 Å². The van der Waals surface area contributed by atoms with Crippen LogP contribution in [0.1, 0.15) is 34.7 Å². The topological polar surface area (TPSA) is 107 Å². The van der Waals surface area contributed by atoms with Crippen LogP contribution < -0.4 is 10.7 Å². The Labute approximate surface area is 181 Å². The number of hydrogen-bond donors (Lipinski definition) is 1. The van der Waals surface area contributed by atoms with Gasteiger partial charge in [0.2, 0.25) is 5.43 Å². The molecular formula is C20H16Cl2N4O4. The number of carbonyl (C=O) groups is 1. The van der Waals surface area contributed by atoms with Crippen molar-refractivity contribution in [1.82, 2.24) is 15.1 Å². The van der Waals surface area contributed by atoms with Crippen LogP contribution in [0.15, 0.2) is 53.3 Å². The summed E-state index contributed by atoms with van der Waals surface area (Å²) in [5.74, 6) is -0.717. The monoisotopic (exact) mass is 446 g/mol. The van der Waals surface area contributed by atoms with Crippen molar-refractivity contribution in [3.05, 3.63) is 95.9 Å². The first kappa shape index (κ1) is 21.5. The minimum atomic E-state index is -0.717. The number of nitrogens with zero attached hydrogens (tertiary/aromatic N) is 3. The van der Waals surface area contributed by atoms with Crippen molar-refractivity contribution in [1.29, 1.82) is 0 Å². The van der Waals surface area contributed by atoms with Gasteiger partial charge in [0.05, 0.1) is 21.0 Å². The number of carbonyl (C=O) groups excluding carboxylic acids is 1. The van der Waals surface area contributed by atoms with E-state index in [1.807, 2.05) is 0 Å². The molecule has 0 saturated carbocycles. The minimum absolute atomic E-state index is 0.145. The van der Waals surface area contributed by atoms with E-state index in [4.69, 9.17) is 23.2 Å². The number of amides is 1. The first-order valence-corrected chi connectivity index (χ1v) is 9.55. The van der Waals surface area contributed by atoms with Crippen LogP contribution in [-0.2, 0) is 0 Å². The van der Waals surface area contributed by atoms with Gasteiger partial charge in [0, 0.05) is 17.8 Å². The Bertz CT molecular complexity index is 1210. The van der Waals surface area contributed by atoms with Crippen molar-refractivity contribution in [2.24, 2.45) is 0 Å². The fraction of sp³-hybridized carbons (Fsp3) is 0.150. The Morgan fingerprint density at radius 2 is 1.87 bits per heavy atom. The standard InChI is InChI=1S/C20H16Cl2N4O4/c1-11-9-18(27)19(24-25(11)16-5-3-4-6-17(16)26(29)30)20(28)23-12(2)13-7-8-14(21)15(22)10-13/h3-10,12H,1-2H3,(H,23,28). The molecule has 3 rings (SSSR count). The molecule has 1 atom stereocenters. The van der Waals surface area contributed by atoms with E-state index in [1.165, 1.54) is 28.9 Å². The van der Waals surface area contributed by atoms with E-state index in [9.17, 15) is 19.7 Å². The fourth-order valence-corrected chi connectivity index (χ4v) is 3.18. The fourth-order valence-electron chi connectivity index (χ4n) is 2.88. The van der Waals surface area contributed by atoms with Crippen LogP contribution in [0.5, 0.6) is 0 Å². The van der Waals surface area contributed by atoms with Gasteiger partial charge in [-0.25, -0.2) is 4.68 Å². The first-order valence-electron chi connectivity index (χ1n) is 8.79. The lowest BCUT2D eigenvalue weighted by atomic mass is 10.1. The van der Waals surface area contributed by atoms with Gasteiger partial charge in [-0.3, -0.25) is 19.7 Å². The molecule has 1 heterocycles. The maximum Gasteiger partial charge on any atom is 0.294 e. The van der Waals surface area contributed by atoms with Crippen LogP contribution in [-0.4, -0.2) is 20.6 Å². The summed E-state index contributed by atoms with van der Waals surface area (Å²) >= 11 is 11.9. The zero-order chi connectivity index (χ0) is 22.0. The highest BCUT2D eigenvalue weighted by Crippen LogP contribution is 2.26.